The number of carbonyl (C=O) groups excluding carboxylic acids is 1. The normalized spacial score (nSPS) is 24.3. The molecule has 1 aliphatic heterocycles. The molecule has 1 fully saturated rings. The van der Waals surface area contributed by atoms with Crippen molar-refractivity contribution in [2.45, 2.75) is 57.7 Å². The van der Waals surface area contributed by atoms with E-state index in [1.54, 1.807) is 6.07 Å². The highest BCUT2D eigenvalue weighted by Gasteiger charge is 2.40. The lowest BCUT2D eigenvalue weighted by molar-refractivity contribution is 0.127. The number of aromatic nitrogens is 1. The van der Waals surface area contributed by atoms with E-state index in [1.165, 1.54) is 38.2 Å². The fourth-order valence-electron chi connectivity index (χ4n) is 4.71. The summed E-state index contributed by atoms with van der Waals surface area (Å²) in [6.07, 6.45) is 5.61. The van der Waals surface area contributed by atoms with Gasteiger partial charge in [0.2, 0.25) is 5.95 Å². The summed E-state index contributed by atoms with van der Waals surface area (Å²) in [5.74, 6) is 0.0732. The van der Waals surface area contributed by atoms with Gasteiger partial charge in [-0.05, 0) is 36.5 Å². The van der Waals surface area contributed by atoms with Gasteiger partial charge in [-0.3, -0.25) is 0 Å². The Hall–Kier alpha value is -2.63. The molecule has 2 heterocycles. The first kappa shape index (κ1) is 19.7. The first-order valence-electron chi connectivity index (χ1n) is 10.5. The number of carbonyl (C=O) groups is 1. The maximum Gasteiger partial charge on any atom is 0.408 e. The Morgan fingerprint density at radius 1 is 1.17 bits per heavy atom. The highest BCUT2D eigenvalue weighted by molar-refractivity contribution is 5.69. The van der Waals surface area contributed by atoms with Gasteiger partial charge in [0.1, 0.15) is 6.61 Å². The second-order valence-corrected chi connectivity index (χ2v) is 8.18. The van der Waals surface area contributed by atoms with Crippen LogP contribution in [0.4, 0.5) is 14.9 Å². The highest BCUT2D eigenvalue weighted by atomic mass is 19.1. The van der Waals surface area contributed by atoms with Crippen molar-refractivity contribution in [3.8, 4) is 0 Å². The Bertz CT molecular complexity index is 839. The van der Waals surface area contributed by atoms with E-state index in [9.17, 15) is 9.18 Å². The average molecular weight is 397 g/mol. The number of halogens is 1. The van der Waals surface area contributed by atoms with Crippen LogP contribution in [0.5, 0.6) is 0 Å². The van der Waals surface area contributed by atoms with Crippen LogP contribution in [0.1, 0.15) is 56.3 Å². The van der Waals surface area contributed by atoms with Crippen LogP contribution in [-0.2, 0) is 11.3 Å². The van der Waals surface area contributed by atoms with Crippen molar-refractivity contribution in [1.82, 2.24) is 10.3 Å². The monoisotopic (exact) mass is 397 g/mol. The average Bonchev–Trinajstić information content (AvgIpc) is 2.75. The number of anilines is 1. The van der Waals surface area contributed by atoms with Crippen molar-refractivity contribution >= 4 is 11.8 Å². The minimum Gasteiger partial charge on any atom is -0.445 e. The molecule has 2 aliphatic rings. The Morgan fingerprint density at radius 3 is 2.69 bits per heavy atom. The van der Waals surface area contributed by atoms with Crippen molar-refractivity contribution in [3.63, 3.8) is 0 Å². The third-order valence-corrected chi connectivity index (χ3v) is 6.24. The molecule has 2 N–H and O–H groups in total. The molecular weight excluding hydrogens is 369 g/mol. The number of amides is 1. The van der Waals surface area contributed by atoms with Crippen LogP contribution >= 0.6 is 0 Å². The van der Waals surface area contributed by atoms with E-state index < -0.39 is 18.1 Å². The summed E-state index contributed by atoms with van der Waals surface area (Å²) in [5, 5.41) is 6.54. The van der Waals surface area contributed by atoms with Gasteiger partial charge in [0.25, 0.3) is 0 Å². The maximum absolute atomic E-state index is 13.9. The van der Waals surface area contributed by atoms with E-state index in [1.807, 2.05) is 30.3 Å². The van der Waals surface area contributed by atoms with Gasteiger partial charge in [-0.15, -0.1) is 0 Å². The van der Waals surface area contributed by atoms with Gasteiger partial charge in [-0.2, -0.15) is 4.39 Å². The molecule has 2 aromatic rings. The largest absolute Gasteiger partial charge is 0.445 e. The fourth-order valence-corrected chi connectivity index (χ4v) is 4.71. The topological polar surface area (TPSA) is 63.2 Å². The van der Waals surface area contributed by atoms with Crippen molar-refractivity contribution in [2.24, 2.45) is 11.8 Å². The minimum absolute atomic E-state index is 0.0733. The number of rotatable bonds is 4. The lowest BCUT2D eigenvalue weighted by atomic mass is 9.74. The van der Waals surface area contributed by atoms with Crippen molar-refractivity contribution in [3.05, 3.63) is 59.7 Å². The van der Waals surface area contributed by atoms with Crippen LogP contribution in [0, 0.1) is 17.8 Å². The van der Waals surface area contributed by atoms with E-state index in [2.05, 4.69) is 22.5 Å². The third-order valence-electron chi connectivity index (χ3n) is 6.24. The van der Waals surface area contributed by atoms with Gasteiger partial charge in [0.15, 0.2) is 0 Å². The van der Waals surface area contributed by atoms with Gasteiger partial charge < -0.3 is 15.4 Å². The summed E-state index contributed by atoms with van der Waals surface area (Å²) in [5.41, 5.74) is 2.26. The molecule has 5 nitrogen and oxygen atoms in total. The molecule has 6 heteroatoms. The minimum atomic E-state index is -0.543. The highest BCUT2D eigenvalue weighted by Crippen LogP contribution is 2.41. The second-order valence-electron chi connectivity index (χ2n) is 8.18. The van der Waals surface area contributed by atoms with E-state index in [0.29, 0.717) is 11.6 Å². The van der Waals surface area contributed by atoms with E-state index in [4.69, 9.17) is 4.74 Å². The molecular formula is C23H28FN3O2. The lowest BCUT2D eigenvalue weighted by Crippen LogP contribution is -2.48. The zero-order chi connectivity index (χ0) is 20.2. The Kier molecular flexibility index (Phi) is 5.97. The van der Waals surface area contributed by atoms with Gasteiger partial charge in [-0.1, -0.05) is 56.5 Å². The number of pyridine rings is 1. The number of hydrogen-bond acceptors (Lipinski definition) is 4. The number of ether oxygens (including phenoxy) is 1. The molecule has 1 saturated carbocycles. The Balaban J connectivity index is 1.51. The van der Waals surface area contributed by atoms with Crippen LogP contribution in [0.2, 0.25) is 0 Å². The van der Waals surface area contributed by atoms with Gasteiger partial charge >= 0.3 is 6.09 Å². The fraction of sp³-hybridized carbons (Fsp3) is 0.478. The number of hydrogen-bond donors (Lipinski definition) is 2. The van der Waals surface area contributed by atoms with Crippen LogP contribution < -0.4 is 10.6 Å². The van der Waals surface area contributed by atoms with E-state index in [-0.39, 0.29) is 18.6 Å². The molecule has 1 amide bonds. The summed E-state index contributed by atoms with van der Waals surface area (Å²) in [4.78, 5) is 16.6. The molecule has 1 aromatic heterocycles. The molecule has 154 valence electrons. The predicted molar refractivity (Wildman–Crippen MR) is 110 cm³/mol. The number of alkyl carbamates (subject to hydrolysis) is 1. The molecule has 1 unspecified atom stereocenters. The summed E-state index contributed by atoms with van der Waals surface area (Å²) >= 11 is 0. The SMILES string of the molecule is C[C@@H]1C(NC(=O)OCc2ccccc2)c2nc(F)ccc2N[C@H]1C1CCCCC1. The number of benzene rings is 1. The number of fused-ring (bicyclic) bond motifs is 1. The molecule has 0 bridgehead atoms. The first-order valence-corrected chi connectivity index (χ1v) is 10.5. The van der Waals surface area contributed by atoms with E-state index >= 15 is 0 Å². The van der Waals surface area contributed by atoms with Crippen molar-refractivity contribution in [1.29, 1.82) is 0 Å². The zero-order valence-electron chi connectivity index (χ0n) is 16.7. The summed E-state index contributed by atoms with van der Waals surface area (Å²) in [6.45, 7) is 2.30. The Labute approximate surface area is 171 Å². The molecule has 4 rings (SSSR count). The number of nitrogens with one attached hydrogen (secondary N) is 2. The zero-order valence-corrected chi connectivity index (χ0v) is 16.7. The molecule has 0 spiro atoms. The van der Waals surface area contributed by atoms with Crippen LogP contribution in [0.25, 0.3) is 0 Å². The first-order chi connectivity index (χ1) is 14.1. The molecule has 1 aromatic carbocycles. The summed E-state index contributed by atoms with van der Waals surface area (Å²) in [7, 11) is 0. The van der Waals surface area contributed by atoms with Crippen LogP contribution in [-0.4, -0.2) is 17.1 Å². The summed E-state index contributed by atoms with van der Waals surface area (Å²) < 4.78 is 19.3. The van der Waals surface area contributed by atoms with E-state index in [0.717, 1.165) is 11.3 Å². The maximum atomic E-state index is 13.9. The molecule has 29 heavy (non-hydrogen) atoms. The number of nitrogens with zero attached hydrogens (tertiary/aromatic N) is 1. The molecule has 1 aliphatic carbocycles. The predicted octanol–water partition coefficient (Wildman–Crippen LogP) is 5.20. The van der Waals surface area contributed by atoms with Gasteiger partial charge in [-0.25, -0.2) is 9.78 Å². The standard InChI is InChI=1S/C23H28FN3O2/c1-15-20(17-10-6-3-7-11-17)25-18-12-13-19(24)26-22(18)21(15)27-23(28)29-14-16-8-4-2-5-9-16/h2,4-5,8-9,12-13,15,17,20-21,25H,3,6-7,10-11,14H2,1H3,(H,27,28)/t15-,20+,21?/m0/s1. The van der Waals surface area contributed by atoms with Gasteiger partial charge in [0, 0.05) is 12.0 Å². The van der Waals surface area contributed by atoms with Crippen molar-refractivity contribution in [2.75, 3.05) is 5.32 Å². The molecule has 0 radical (unpaired) electrons. The van der Waals surface area contributed by atoms with Crippen molar-refractivity contribution < 1.29 is 13.9 Å². The summed E-state index contributed by atoms with van der Waals surface area (Å²) in [6, 6.07) is 12.5. The van der Waals surface area contributed by atoms with Gasteiger partial charge in [0.05, 0.1) is 17.4 Å². The van der Waals surface area contributed by atoms with Crippen LogP contribution in [0.3, 0.4) is 0 Å². The van der Waals surface area contributed by atoms with Crippen LogP contribution in [0.15, 0.2) is 42.5 Å². The molecule has 0 saturated heterocycles. The second kappa shape index (κ2) is 8.80. The molecule has 3 atom stereocenters. The lowest BCUT2D eigenvalue weighted by Gasteiger charge is -2.43. The smallest absolute Gasteiger partial charge is 0.408 e. The third kappa shape index (κ3) is 4.52. The quantitative estimate of drug-likeness (QED) is 0.696. The Morgan fingerprint density at radius 2 is 1.93 bits per heavy atom.